The smallest absolute Gasteiger partial charge is 0.335 e. The van der Waals surface area contributed by atoms with Gasteiger partial charge in [0.25, 0.3) is 0 Å². The Labute approximate surface area is 109 Å². The van der Waals surface area contributed by atoms with Crippen molar-refractivity contribution in [2.45, 2.75) is 52.5 Å². The molecule has 100 valence electrons. The lowest BCUT2D eigenvalue weighted by Gasteiger charge is -2.17. The zero-order chi connectivity index (χ0) is 13.5. The van der Waals surface area contributed by atoms with Gasteiger partial charge in [-0.25, -0.2) is 4.79 Å². The van der Waals surface area contributed by atoms with Gasteiger partial charge in [0.15, 0.2) is 0 Å². The second-order valence-electron chi connectivity index (χ2n) is 4.88. The molecule has 0 saturated heterocycles. The Kier molecular flexibility index (Phi) is 5.69. The molecule has 1 unspecified atom stereocenters. The third-order valence-electron chi connectivity index (χ3n) is 3.13. The largest absolute Gasteiger partial charge is 0.478 e. The predicted octanol–water partition coefficient (Wildman–Crippen LogP) is 4.07. The molecule has 1 atom stereocenters. The number of rotatable bonds is 7. The summed E-state index contributed by atoms with van der Waals surface area (Å²) in [7, 11) is 0. The normalized spacial score (nSPS) is 12.2. The number of nitrogens with one attached hydrogen (secondary N) is 1. The number of aryl methyl sites for hydroxylation is 1. The Bertz CT molecular complexity index is 401. The molecule has 0 saturated carbocycles. The van der Waals surface area contributed by atoms with Crippen molar-refractivity contribution in [3.63, 3.8) is 0 Å². The SMILES string of the molecule is CCCCCC(C)Nc1cc(C(=O)O)ccc1C. The van der Waals surface area contributed by atoms with E-state index in [2.05, 4.69) is 19.2 Å². The molecule has 0 aliphatic rings. The third kappa shape index (κ3) is 4.40. The molecule has 18 heavy (non-hydrogen) atoms. The molecule has 0 heterocycles. The van der Waals surface area contributed by atoms with Crippen LogP contribution in [-0.4, -0.2) is 17.1 Å². The first-order valence-corrected chi connectivity index (χ1v) is 6.65. The van der Waals surface area contributed by atoms with Crippen LogP contribution in [0.15, 0.2) is 18.2 Å². The highest BCUT2D eigenvalue weighted by Gasteiger charge is 2.08. The molecule has 0 amide bonds. The maximum absolute atomic E-state index is 10.9. The number of hydrogen-bond acceptors (Lipinski definition) is 2. The average Bonchev–Trinajstić information content (AvgIpc) is 2.32. The van der Waals surface area contributed by atoms with E-state index in [4.69, 9.17) is 5.11 Å². The van der Waals surface area contributed by atoms with Gasteiger partial charge >= 0.3 is 5.97 Å². The molecule has 0 aromatic heterocycles. The summed E-state index contributed by atoms with van der Waals surface area (Å²) in [5, 5.41) is 12.4. The van der Waals surface area contributed by atoms with Gasteiger partial charge in [-0.05, 0) is 38.0 Å². The number of anilines is 1. The Morgan fingerprint density at radius 1 is 1.39 bits per heavy atom. The van der Waals surface area contributed by atoms with Crippen LogP contribution in [-0.2, 0) is 0 Å². The molecule has 0 bridgehead atoms. The number of hydrogen-bond donors (Lipinski definition) is 2. The summed E-state index contributed by atoms with van der Waals surface area (Å²) in [6, 6.07) is 5.59. The highest BCUT2D eigenvalue weighted by atomic mass is 16.4. The highest BCUT2D eigenvalue weighted by molar-refractivity contribution is 5.89. The van der Waals surface area contributed by atoms with Crippen LogP contribution in [0.5, 0.6) is 0 Å². The van der Waals surface area contributed by atoms with Crippen molar-refractivity contribution in [1.29, 1.82) is 0 Å². The lowest BCUT2D eigenvalue weighted by atomic mass is 10.1. The number of carboxylic acid groups (broad SMARTS) is 1. The van der Waals surface area contributed by atoms with Crippen molar-refractivity contribution in [1.82, 2.24) is 0 Å². The van der Waals surface area contributed by atoms with E-state index in [1.807, 2.05) is 13.0 Å². The van der Waals surface area contributed by atoms with Crippen molar-refractivity contribution in [3.05, 3.63) is 29.3 Å². The van der Waals surface area contributed by atoms with E-state index in [0.29, 0.717) is 11.6 Å². The number of benzene rings is 1. The zero-order valence-corrected chi connectivity index (χ0v) is 11.5. The van der Waals surface area contributed by atoms with E-state index in [1.165, 1.54) is 19.3 Å². The minimum absolute atomic E-state index is 0.337. The van der Waals surface area contributed by atoms with Gasteiger partial charge in [0, 0.05) is 11.7 Å². The Morgan fingerprint density at radius 3 is 2.72 bits per heavy atom. The standard InChI is InChI=1S/C15H23NO2/c1-4-5-6-7-12(3)16-14-10-13(15(17)18)9-8-11(14)2/h8-10,12,16H,4-7H2,1-3H3,(H,17,18). The van der Waals surface area contributed by atoms with Gasteiger partial charge in [0.05, 0.1) is 5.56 Å². The Balaban J connectivity index is 2.65. The summed E-state index contributed by atoms with van der Waals surface area (Å²) in [5.74, 6) is -0.878. The van der Waals surface area contributed by atoms with Crippen molar-refractivity contribution < 1.29 is 9.90 Å². The molecule has 1 aromatic rings. The first kappa shape index (κ1) is 14.6. The van der Waals surface area contributed by atoms with Crippen LogP contribution >= 0.6 is 0 Å². The monoisotopic (exact) mass is 249 g/mol. The fourth-order valence-corrected chi connectivity index (χ4v) is 1.95. The van der Waals surface area contributed by atoms with Crippen LogP contribution in [0.1, 0.15) is 55.5 Å². The summed E-state index contributed by atoms with van der Waals surface area (Å²) in [6.07, 6.45) is 4.80. The minimum atomic E-state index is -0.878. The lowest BCUT2D eigenvalue weighted by Crippen LogP contribution is -2.16. The molecular weight excluding hydrogens is 226 g/mol. The van der Waals surface area contributed by atoms with Crippen LogP contribution in [0.4, 0.5) is 5.69 Å². The predicted molar refractivity (Wildman–Crippen MR) is 75.4 cm³/mol. The fourth-order valence-electron chi connectivity index (χ4n) is 1.95. The minimum Gasteiger partial charge on any atom is -0.478 e. The Hall–Kier alpha value is -1.51. The van der Waals surface area contributed by atoms with Gasteiger partial charge in [-0.1, -0.05) is 32.3 Å². The number of unbranched alkanes of at least 4 members (excludes halogenated alkanes) is 2. The molecule has 3 nitrogen and oxygen atoms in total. The molecule has 1 aromatic carbocycles. The van der Waals surface area contributed by atoms with Crippen LogP contribution in [0.2, 0.25) is 0 Å². The summed E-state index contributed by atoms with van der Waals surface area (Å²) >= 11 is 0. The first-order valence-electron chi connectivity index (χ1n) is 6.65. The summed E-state index contributed by atoms with van der Waals surface area (Å²) in [5.41, 5.74) is 2.35. The van der Waals surface area contributed by atoms with Crippen molar-refractivity contribution in [3.8, 4) is 0 Å². The number of carbonyl (C=O) groups is 1. The molecule has 0 spiro atoms. The zero-order valence-electron chi connectivity index (χ0n) is 11.5. The van der Waals surface area contributed by atoms with Crippen LogP contribution < -0.4 is 5.32 Å². The number of aromatic carboxylic acids is 1. The van der Waals surface area contributed by atoms with Crippen molar-refractivity contribution in [2.75, 3.05) is 5.32 Å². The molecule has 0 aliphatic carbocycles. The second kappa shape index (κ2) is 7.04. The van der Waals surface area contributed by atoms with E-state index in [9.17, 15) is 4.79 Å². The summed E-state index contributed by atoms with van der Waals surface area (Å²) < 4.78 is 0. The van der Waals surface area contributed by atoms with Crippen LogP contribution in [0.25, 0.3) is 0 Å². The lowest BCUT2D eigenvalue weighted by molar-refractivity contribution is 0.0697. The highest BCUT2D eigenvalue weighted by Crippen LogP contribution is 2.19. The van der Waals surface area contributed by atoms with Gasteiger partial charge in [-0.3, -0.25) is 0 Å². The topological polar surface area (TPSA) is 49.3 Å². The summed E-state index contributed by atoms with van der Waals surface area (Å²) in [4.78, 5) is 10.9. The van der Waals surface area contributed by atoms with Crippen molar-refractivity contribution in [2.24, 2.45) is 0 Å². The number of carboxylic acids is 1. The second-order valence-corrected chi connectivity index (χ2v) is 4.88. The quantitative estimate of drug-likeness (QED) is 0.716. The van der Waals surface area contributed by atoms with Gasteiger partial charge in [-0.2, -0.15) is 0 Å². The molecule has 0 aliphatic heterocycles. The van der Waals surface area contributed by atoms with E-state index in [0.717, 1.165) is 17.7 Å². The van der Waals surface area contributed by atoms with E-state index >= 15 is 0 Å². The fraction of sp³-hybridized carbons (Fsp3) is 0.533. The molecule has 3 heteroatoms. The van der Waals surface area contributed by atoms with Crippen LogP contribution in [0.3, 0.4) is 0 Å². The van der Waals surface area contributed by atoms with Gasteiger partial charge in [0.2, 0.25) is 0 Å². The molecular formula is C15H23NO2. The Morgan fingerprint density at radius 2 is 2.11 bits per heavy atom. The molecule has 0 fully saturated rings. The molecule has 0 radical (unpaired) electrons. The van der Waals surface area contributed by atoms with Gasteiger partial charge in [0.1, 0.15) is 0 Å². The molecule has 2 N–H and O–H groups in total. The summed E-state index contributed by atoms with van der Waals surface area (Å²) in [6.45, 7) is 6.33. The third-order valence-corrected chi connectivity index (χ3v) is 3.13. The average molecular weight is 249 g/mol. The van der Waals surface area contributed by atoms with E-state index < -0.39 is 5.97 Å². The first-order chi connectivity index (χ1) is 8.54. The maximum atomic E-state index is 10.9. The van der Waals surface area contributed by atoms with Gasteiger partial charge in [-0.15, -0.1) is 0 Å². The van der Waals surface area contributed by atoms with Crippen molar-refractivity contribution >= 4 is 11.7 Å². The van der Waals surface area contributed by atoms with E-state index in [-0.39, 0.29) is 0 Å². The van der Waals surface area contributed by atoms with Gasteiger partial charge < -0.3 is 10.4 Å². The molecule has 1 rings (SSSR count). The van der Waals surface area contributed by atoms with Crippen LogP contribution in [0, 0.1) is 6.92 Å². The maximum Gasteiger partial charge on any atom is 0.335 e. The van der Waals surface area contributed by atoms with E-state index in [1.54, 1.807) is 12.1 Å².